The van der Waals surface area contributed by atoms with Crippen LogP contribution in [0.15, 0.2) is 42.5 Å². The average molecular weight is 411 g/mol. The highest BCUT2D eigenvalue weighted by molar-refractivity contribution is 5.93. The van der Waals surface area contributed by atoms with Crippen molar-refractivity contribution in [3.8, 4) is 11.5 Å². The second kappa shape index (κ2) is 9.81. The Bertz CT molecular complexity index is 850. The van der Waals surface area contributed by atoms with Gasteiger partial charge in [-0.15, -0.1) is 0 Å². The molecule has 0 atom stereocenters. The SMILES string of the molecule is COC(=O)c1ccc(NC(=O)CCc2ccc(OCC(F)(F)F)c(OC)c2)cc1. The summed E-state index contributed by atoms with van der Waals surface area (Å²) in [4.78, 5) is 23.5. The zero-order valence-corrected chi connectivity index (χ0v) is 15.8. The lowest BCUT2D eigenvalue weighted by Gasteiger charge is -2.13. The number of halogens is 3. The third-order valence-electron chi connectivity index (χ3n) is 3.85. The lowest BCUT2D eigenvalue weighted by Crippen LogP contribution is -2.19. The van der Waals surface area contributed by atoms with Gasteiger partial charge in [0, 0.05) is 12.1 Å². The number of esters is 1. The van der Waals surface area contributed by atoms with Gasteiger partial charge in [0.1, 0.15) is 0 Å². The molecule has 0 aliphatic rings. The average Bonchev–Trinajstić information content (AvgIpc) is 2.70. The monoisotopic (exact) mass is 411 g/mol. The second-order valence-electron chi connectivity index (χ2n) is 6.01. The molecular formula is C20H20F3NO5. The number of hydrogen-bond donors (Lipinski definition) is 1. The predicted octanol–water partition coefficient (Wildman–Crippen LogP) is 3.99. The van der Waals surface area contributed by atoms with Gasteiger partial charge in [0.15, 0.2) is 18.1 Å². The van der Waals surface area contributed by atoms with E-state index in [0.717, 1.165) is 0 Å². The number of carbonyl (C=O) groups excluding carboxylic acids is 2. The van der Waals surface area contributed by atoms with Crippen LogP contribution in [0.2, 0.25) is 0 Å². The largest absolute Gasteiger partial charge is 0.493 e. The minimum atomic E-state index is -4.45. The summed E-state index contributed by atoms with van der Waals surface area (Å²) in [6.07, 6.45) is -3.95. The number of hydrogen-bond acceptors (Lipinski definition) is 5. The fourth-order valence-corrected chi connectivity index (χ4v) is 2.44. The number of anilines is 1. The molecule has 0 aliphatic heterocycles. The van der Waals surface area contributed by atoms with Crippen molar-refractivity contribution in [1.29, 1.82) is 0 Å². The van der Waals surface area contributed by atoms with Gasteiger partial charge in [0.05, 0.1) is 19.8 Å². The molecule has 0 aliphatic carbocycles. The van der Waals surface area contributed by atoms with E-state index < -0.39 is 18.8 Å². The number of aryl methyl sites for hydroxylation is 1. The van der Waals surface area contributed by atoms with Crippen molar-refractivity contribution in [2.45, 2.75) is 19.0 Å². The summed E-state index contributed by atoms with van der Waals surface area (Å²) >= 11 is 0. The highest BCUT2D eigenvalue weighted by atomic mass is 19.4. The number of alkyl halides is 3. The molecule has 0 saturated heterocycles. The Balaban J connectivity index is 1.91. The molecule has 0 bridgehead atoms. The van der Waals surface area contributed by atoms with Crippen molar-refractivity contribution >= 4 is 17.6 Å². The Kier molecular flexibility index (Phi) is 7.46. The van der Waals surface area contributed by atoms with Crippen LogP contribution in [0.5, 0.6) is 11.5 Å². The van der Waals surface area contributed by atoms with E-state index in [2.05, 4.69) is 10.1 Å². The summed E-state index contributed by atoms with van der Waals surface area (Å²) in [6.45, 7) is -1.42. The van der Waals surface area contributed by atoms with Gasteiger partial charge in [0.2, 0.25) is 5.91 Å². The third kappa shape index (κ3) is 7.02. The zero-order valence-electron chi connectivity index (χ0n) is 15.8. The minimum absolute atomic E-state index is 0.0243. The second-order valence-corrected chi connectivity index (χ2v) is 6.01. The maximum atomic E-state index is 12.3. The summed E-state index contributed by atoms with van der Waals surface area (Å²) < 4.78 is 51.3. The van der Waals surface area contributed by atoms with Gasteiger partial charge >= 0.3 is 12.1 Å². The standard InChI is InChI=1S/C20H20F3NO5/c1-27-17-11-13(3-9-16(17)29-12-20(21,22)23)4-10-18(25)24-15-7-5-14(6-8-15)19(26)28-2/h3,5-9,11H,4,10,12H2,1-2H3,(H,24,25). The number of nitrogens with one attached hydrogen (secondary N) is 1. The molecule has 0 spiro atoms. The molecule has 9 heteroatoms. The van der Waals surface area contributed by atoms with Crippen LogP contribution in [0.4, 0.5) is 18.9 Å². The zero-order chi connectivity index (χ0) is 21.4. The van der Waals surface area contributed by atoms with Crippen molar-refractivity contribution in [2.24, 2.45) is 0 Å². The van der Waals surface area contributed by atoms with Crippen LogP contribution in [-0.2, 0) is 16.0 Å². The predicted molar refractivity (Wildman–Crippen MR) is 99.3 cm³/mol. The third-order valence-corrected chi connectivity index (χ3v) is 3.85. The molecule has 2 aromatic carbocycles. The van der Waals surface area contributed by atoms with E-state index in [1.165, 1.54) is 38.5 Å². The number of benzene rings is 2. The van der Waals surface area contributed by atoms with Crippen LogP contribution in [0.25, 0.3) is 0 Å². The topological polar surface area (TPSA) is 73.9 Å². The van der Waals surface area contributed by atoms with Gasteiger partial charge in [0.25, 0.3) is 0 Å². The fraction of sp³-hybridized carbons (Fsp3) is 0.300. The van der Waals surface area contributed by atoms with Gasteiger partial charge in [-0.1, -0.05) is 6.07 Å². The van der Waals surface area contributed by atoms with Gasteiger partial charge in [-0.05, 0) is 48.4 Å². The van der Waals surface area contributed by atoms with Crippen LogP contribution in [-0.4, -0.2) is 38.9 Å². The van der Waals surface area contributed by atoms with Crippen LogP contribution in [0.3, 0.4) is 0 Å². The molecule has 2 aromatic rings. The van der Waals surface area contributed by atoms with Crippen LogP contribution < -0.4 is 14.8 Å². The molecule has 0 heterocycles. The van der Waals surface area contributed by atoms with E-state index in [0.29, 0.717) is 23.2 Å². The summed E-state index contributed by atoms with van der Waals surface area (Å²) in [5, 5.41) is 2.70. The van der Waals surface area contributed by atoms with Gasteiger partial charge in [-0.2, -0.15) is 13.2 Å². The molecule has 0 aromatic heterocycles. The minimum Gasteiger partial charge on any atom is -0.493 e. The van der Waals surface area contributed by atoms with Crippen molar-refractivity contribution < 1.29 is 37.0 Å². The molecule has 6 nitrogen and oxygen atoms in total. The van der Waals surface area contributed by atoms with Crippen molar-refractivity contribution in [2.75, 3.05) is 26.1 Å². The highest BCUT2D eigenvalue weighted by Crippen LogP contribution is 2.30. The summed E-state index contributed by atoms with van der Waals surface area (Å²) in [5.74, 6) is -0.596. The van der Waals surface area contributed by atoms with E-state index in [4.69, 9.17) is 9.47 Å². The van der Waals surface area contributed by atoms with Gasteiger partial charge in [-0.25, -0.2) is 4.79 Å². The lowest BCUT2D eigenvalue weighted by molar-refractivity contribution is -0.153. The number of ether oxygens (including phenoxy) is 3. The number of methoxy groups -OCH3 is 2. The lowest BCUT2D eigenvalue weighted by atomic mass is 10.1. The quantitative estimate of drug-likeness (QED) is 0.665. The van der Waals surface area contributed by atoms with E-state index in [1.54, 1.807) is 18.2 Å². The summed E-state index contributed by atoms with van der Waals surface area (Å²) in [7, 11) is 2.60. The van der Waals surface area contributed by atoms with E-state index in [-0.39, 0.29) is 23.8 Å². The first-order chi connectivity index (χ1) is 13.7. The first-order valence-electron chi connectivity index (χ1n) is 8.56. The Morgan fingerprint density at radius 2 is 1.69 bits per heavy atom. The maximum Gasteiger partial charge on any atom is 0.422 e. The number of amides is 1. The van der Waals surface area contributed by atoms with Crippen LogP contribution >= 0.6 is 0 Å². The Morgan fingerprint density at radius 3 is 2.28 bits per heavy atom. The first kappa shape index (κ1) is 22.1. The van der Waals surface area contributed by atoms with Crippen molar-refractivity contribution in [3.63, 3.8) is 0 Å². The van der Waals surface area contributed by atoms with Gasteiger partial charge < -0.3 is 19.5 Å². The maximum absolute atomic E-state index is 12.3. The van der Waals surface area contributed by atoms with E-state index in [1.807, 2.05) is 0 Å². The molecular weight excluding hydrogens is 391 g/mol. The van der Waals surface area contributed by atoms with Gasteiger partial charge in [-0.3, -0.25) is 4.79 Å². The molecule has 156 valence electrons. The Labute approximate surface area is 165 Å². The molecule has 0 unspecified atom stereocenters. The van der Waals surface area contributed by atoms with Crippen LogP contribution in [0, 0.1) is 0 Å². The molecule has 2 rings (SSSR count). The normalized spacial score (nSPS) is 10.9. The fourth-order valence-electron chi connectivity index (χ4n) is 2.44. The summed E-state index contributed by atoms with van der Waals surface area (Å²) in [5.41, 5.74) is 1.60. The summed E-state index contributed by atoms with van der Waals surface area (Å²) in [6, 6.07) is 10.7. The smallest absolute Gasteiger partial charge is 0.422 e. The van der Waals surface area contributed by atoms with E-state index in [9.17, 15) is 22.8 Å². The number of rotatable bonds is 8. The Hall–Kier alpha value is -3.23. The molecule has 0 fully saturated rings. The number of carbonyl (C=O) groups is 2. The Morgan fingerprint density at radius 1 is 1.00 bits per heavy atom. The first-order valence-corrected chi connectivity index (χ1v) is 8.56. The molecule has 1 amide bonds. The van der Waals surface area contributed by atoms with E-state index >= 15 is 0 Å². The van der Waals surface area contributed by atoms with Crippen LogP contribution in [0.1, 0.15) is 22.3 Å². The van der Waals surface area contributed by atoms with Crippen molar-refractivity contribution in [1.82, 2.24) is 0 Å². The molecule has 0 saturated carbocycles. The molecule has 29 heavy (non-hydrogen) atoms. The van der Waals surface area contributed by atoms with Crippen molar-refractivity contribution in [3.05, 3.63) is 53.6 Å². The molecule has 1 N–H and O–H groups in total. The highest BCUT2D eigenvalue weighted by Gasteiger charge is 2.29. The molecule has 0 radical (unpaired) electrons.